The summed E-state index contributed by atoms with van der Waals surface area (Å²) in [6.07, 6.45) is 3.17. The van der Waals surface area contributed by atoms with Gasteiger partial charge in [-0.05, 0) is 36.6 Å². The predicted molar refractivity (Wildman–Crippen MR) is 162 cm³/mol. The second kappa shape index (κ2) is 13.6. The summed E-state index contributed by atoms with van der Waals surface area (Å²) in [5, 5.41) is 3.02. The topological polar surface area (TPSA) is 123 Å². The third-order valence-electron chi connectivity index (χ3n) is 7.22. The number of likely N-dealkylation sites (tertiary alicyclic amines) is 1. The lowest BCUT2D eigenvalue weighted by Gasteiger charge is -2.16. The third-order valence-corrected chi connectivity index (χ3v) is 8.90. The van der Waals surface area contributed by atoms with Gasteiger partial charge in [0.1, 0.15) is 17.9 Å². The maximum absolute atomic E-state index is 13.1. The molecular formula is C31H37N5O5S. The maximum Gasteiger partial charge on any atom is 0.410 e. The molecule has 2 aromatic heterocycles. The summed E-state index contributed by atoms with van der Waals surface area (Å²) in [6, 6.07) is 17.6. The van der Waals surface area contributed by atoms with E-state index in [1.807, 2.05) is 58.0 Å². The molecule has 11 heteroatoms. The molecule has 0 aliphatic carbocycles. The highest BCUT2D eigenvalue weighted by Crippen LogP contribution is 2.28. The van der Waals surface area contributed by atoms with Crippen LogP contribution in [-0.4, -0.2) is 58.8 Å². The lowest BCUT2D eigenvalue weighted by Crippen LogP contribution is -2.32. The van der Waals surface area contributed by atoms with Crippen molar-refractivity contribution in [3.8, 4) is 0 Å². The minimum absolute atomic E-state index is 0.0105. The molecule has 0 bridgehead atoms. The number of rotatable bonds is 9. The zero-order valence-electron chi connectivity index (χ0n) is 24.4. The highest BCUT2D eigenvalue weighted by molar-refractivity contribution is 7.90. The van der Waals surface area contributed by atoms with Crippen LogP contribution in [-0.2, 0) is 26.2 Å². The fourth-order valence-electron chi connectivity index (χ4n) is 4.91. The summed E-state index contributed by atoms with van der Waals surface area (Å²) in [7, 11) is -3.83. The summed E-state index contributed by atoms with van der Waals surface area (Å²) in [5.41, 5.74) is 2.44. The molecule has 0 radical (unpaired) electrons. The molecule has 0 spiro atoms. The molecule has 1 fully saturated rings. The first-order valence-electron chi connectivity index (χ1n) is 14.1. The number of fused-ring (bicyclic) bond motifs is 1. The second-order valence-corrected chi connectivity index (χ2v) is 11.7. The number of aryl methyl sites for hydroxylation is 1. The summed E-state index contributed by atoms with van der Waals surface area (Å²) in [6.45, 7) is 8.86. The zero-order chi connectivity index (χ0) is 30.3. The average molecular weight is 592 g/mol. The van der Waals surface area contributed by atoms with Crippen LogP contribution in [0.25, 0.3) is 11.2 Å². The molecule has 1 N–H and O–H groups in total. The van der Waals surface area contributed by atoms with Crippen molar-refractivity contribution in [3.05, 3.63) is 84.2 Å². The van der Waals surface area contributed by atoms with Crippen molar-refractivity contribution in [2.75, 3.05) is 25.0 Å². The Morgan fingerprint density at radius 3 is 2.43 bits per heavy atom. The van der Waals surface area contributed by atoms with Gasteiger partial charge in [-0.15, -0.1) is 0 Å². The van der Waals surface area contributed by atoms with Crippen molar-refractivity contribution < 1.29 is 22.7 Å². The molecule has 222 valence electrons. The largest absolute Gasteiger partial charge is 0.445 e. The van der Waals surface area contributed by atoms with E-state index in [1.165, 1.54) is 12.4 Å². The van der Waals surface area contributed by atoms with Gasteiger partial charge in [0.05, 0.1) is 17.6 Å². The Hall–Kier alpha value is -4.25. The molecule has 1 saturated heterocycles. The molecule has 10 nitrogen and oxygen atoms in total. The first kappa shape index (κ1) is 30.7. The van der Waals surface area contributed by atoms with Gasteiger partial charge in [-0.1, -0.05) is 75.2 Å². The number of carbonyl (C=O) groups is 2. The van der Waals surface area contributed by atoms with Crippen LogP contribution < -0.4 is 5.32 Å². The van der Waals surface area contributed by atoms with E-state index in [0.29, 0.717) is 24.4 Å². The number of amides is 1. The Kier molecular flexibility index (Phi) is 9.95. The molecule has 2 unspecified atom stereocenters. The summed E-state index contributed by atoms with van der Waals surface area (Å²) in [5.74, 6) is 0.0375. The van der Waals surface area contributed by atoms with Gasteiger partial charge in [0.25, 0.3) is 10.0 Å². The van der Waals surface area contributed by atoms with E-state index in [-0.39, 0.29) is 41.3 Å². The number of ether oxygens (including phenoxy) is 1. The lowest BCUT2D eigenvalue weighted by molar-refractivity contribution is -0.121. The van der Waals surface area contributed by atoms with Gasteiger partial charge in [0, 0.05) is 25.2 Å². The summed E-state index contributed by atoms with van der Waals surface area (Å²) >= 11 is 0. The zero-order valence-corrected chi connectivity index (χ0v) is 25.2. The van der Waals surface area contributed by atoms with Crippen LogP contribution in [0.2, 0.25) is 0 Å². The minimum Gasteiger partial charge on any atom is -0.445 e. The number of anilines is 1. The quantitative estimate of drug-likeness (QED) is 0.279. The van der Waals surface area contributed by atoms with Crippen molar-refractivity contribution in [1.29, 1.82) is 0 Å². The SMILES string of the molecule is CC.CCC1CN(C(=O)OCc2ccccc2)CC1C(=O)CNc1cnc2c(ccn2S(=O)(=O)c2ccc(C)cc2)n1. The standard InChI is InChI=1S/C29H31N5O5S.C2H6/c1-3-22-17-33(29(36)39-19-21-7-5-4-6-8-21)18-24(22)26(35)15-30-27-16-31-28-25(32-27)13-14-34(28)40(37,38)23-11-9-20(2)10-12-23;1-2/h4-14,16,22,24H,3,15,17-19H2,1-2H3,(H,30,32);1-2H3. The van der Waals surface area contributed by atoms with Crippen molar-refractivity contribution in [1.82, 2.24) is 18.8 Å². The van der Waals surface area contributed by atoms with E-state index < -0.39 is 16.1 Å². The normalized spacial score (nSPS) is 16.5. The Bertz CT molecular complexity index is 1620. The third kappa shape index (κ3) is 6.79. The van der Waals surface area contributed by atoms with Crippen LogP contribution in [0.3, 0.4) is 0 Å². The number of carbonyl (C=O) groups excluding carboxylic acids is 2. The molecule has 42 heavy (non-hydrogen) atoms. The van der Waals surface area contributed by atoms with Crippen LogP contribution in [0.5, 0.6) is 0 Å². The summed E-state index contributed by atoms with van der Waals surface area (Å²) in [4.78, 5) is 36.3. The van der Waals surface area contributed by atoms with Crippen LogP contribution in [0, 0.1) is 18.8 Å². The van der Waals surface area contributed by atoms with Gasteiger partial charge < -0.3 is 15.0 Å². The first-order valence-corrected chi connectivity index (χ1v) is 15.6. The highest BCUT2D eigenvalue weighted by Gasteiger charge is 2.38. The molecule has 1 aliphatic heterocycles. The van der Waals surface area contributed by atoms with E-state index in [2.05, 4.69) is 15.3 Å². The number of nitrogens with zero attached hydrogens (tertiary/aromatic N) is 4. The van der Waals surface area contributed by atoms with Crippen LogP contribution in [0.15, 0.2) is 78.0 Å². The van der Waals surface area contributed by atoms with Crippen molar-refractivity contribution >= 4 is 38.9 Å². The van der Waals surface area contributed by atoms with Gasteiger partial charge in [-0.2, -0.15) is 0 Å². The Balaban J connectivity index is 0.00000198. The van der Waals surface area contributed by atoms with E-state index >= 15 is 0 Å². The minimum atomic E-state index is -3.83. The molecule has 2 atom stereocenters. The number of nitrogens with one attached hydrogen (secondary N) is 1. The van der Waals surface area contributed by atoms with Gasteiger partial charge >= 0.3 is 6.09 Å². The predicted octanol–water partition coefficient (Wildman–Crippen LogP) is 5.28. The molecular weight excluding hydrogens is 554 g/mol. The number of benzene rings is 2. The van der Waals surface area contributed by atoms with Gasteiger partial charge in [-0.3, -0.25) is 4.79 Å². The molecule has 1 aliphatic rings. The van der Waals surface area contributed by atoms with E-state index in [9.17, 15) is 18.0 Å². The number of Topliss-reactive ketones (excluding diaryl/α,β-unsaturated/α-hetero) is 1. The smallest absolute Gasteiger partial charge is 0.410 e. The molecule has 3 heterocycles. The van der Waals surface area contributed by atoms with Crippen LogP contribution >= 0.6 is 0 Å². The lowest BCUT2D eigenvalue weighted by atomic mass is 9.90. The first-order chi connectivity index (χ1) is 20.3. The molecule has 5 rings (SSSR count). The van der Waals surface area contributed by atoms with Crippen molar-refractivity contribution in [2.45, 2.75) is 45.6 Å². The molecule has 1 amide bonds. The summed E-state index contributed by atoms with van der Waals surface area (Å²) < 4.78 is 32.8. The second-order valence-electron chi connectivity index (χ2n) is 9.93. The number of hydrogen-bond donors (Lipinski definition) is 1. The Morgan fingerprint density at radius 2 is 1.74 bits per heavy atom. The average Bonchev–Trinajstić information content (AvgIpc) is 3.65. The van der Waals surface area contributed by atoms with Crippen molar-refractivity contribution in [3.63, 3.8) is 0 Å². The number of ketones is 1. The van der Waals surface area contributed by atoms with Gasteiger partial charge in [0.2, 0.25) is 0 Å². The van der Waals surface area contributed by atoms with Crippen LogP contribution in [0.4, 0.5) is 10.6 Å². The number of hydrogen-bond acceptors (Lipinski definition) is 8. The maximum atomic E-state index is 13.1. The molecule has 0 saturated carbocycles. The Morgan fingerprint density at radius 1 is 1.02 bits per heavy atom. The molecule has 2 aromatic carbocycles. The highest BCUT2D eigenvalue weighted by atomic mass is 32.2. The fraction of sp³-hybridized carbons (Fsp3) is 0.355. The fourth-order valence-corrected chi connectivity index (χ4v) is 6.21. The van der Waals surface area contributed by atoms with Crippen LogP contribution in [0.1, 0.15) is 38.3 Å². The van der Waals surface area contributed by atoms with Crippen molar-refractivity contribution in [2.24, 2.45) is 11.8 Å². The van der Waals surface area contributed by atoms with E-state index in [0.717, 1.165) is 21.5 Å². The number of aromatic nitrogens is 3. The van der Waals surface area contributed by atoms with E-state index in [1.54, 1.807) is 35.2 Å². The van der Waals surface area contributed by atoms with Gasteiger partial charge in [0.15, 0.2) is 11.4 Å². The van der Waals surface area contributed by atoms with E-state index in [4.69, 9.17) is 4.74 Å². The Labute approximate surface area is 246 Å². The van der Waals surface area contributed by atoms with Gasteiger partial charge in [-0.25, -0.2) is 27.2 Å². The monoisotopic (exact) mass is 591 g/mol. The molecule has 4 aromatic rings.